The summed E-state index contributed by atoms with van der Waals surface area (Å²) in [5.41, 5.74) is 7.58. The molecule has 4 aromatic rings. The third kappa shape index (κ3) is 4.24. The standard InChI is InChI=1S/C22H17F3N2OS2/c23-22(24,25)14-8-6-13(7-9-14)3-1-4-17(28)20-19(26)15-10-11-16(27-21(15)30-20)18-5-2-12-29-18/h2,5-12H,1,3-4,26H2. The first kappa shape index (κ1) is 20.6. The molecule has 0 atom stereocenters. The number of pyridine rings is 1. The van der Waals surface area contributed by atoms with E-state index in [9.17, 15) is 18.0 Å². The van der Waals surface area contributed by atoms with Gasteiger partial charge in [-0.3, -0.25) is 4.79 Å². The van der Waals surface area contributed by atoms with E-state index >= 15 is 0 Å². The molecule has 0 spiro atoms. The van der Waals surface area contributed by atoms with Crippen molar-refractivity contribution in [1.29, 1.82) is 0 Å². The van der Waals surface area contributed by atoms with Crippen molar-refractivity contribution in [3.8, 4) is 10.6 Å². The number of carbonyl (C=O) groups is 1. The molecular formula is C22H17F3N2OS2. The van der Waals surface area contributed by atoms with E-state index in [1.54, 1.807) is 11.3 Å². The van der Waals surface area contributed by atoms with Gasteiger partial charge in [-0.1, -0.05) is 18.2 Å². The number of halogens is 3. The number of carbonyl (C=O) groups excluding carboxylic acids is 1. The molecule has 1 aromatic carbocycles. The number of nitrogen functional groups attached to an aromatic ring is 1. The fourth-order valence-corrected chi connectivity index (χ4v) is 4.95. The molecular weight excluding hydrogens is 429 g/mol. The zero-order valence-corrected chi connectivity index (χ0v) is 17.3. The van der Waals surface area contributed by atoms with Gasteiger partial charge in [0.05, 0.1) is 26.7 Å². The van der Waals surface area contributed by atoms with E-state index in [0.29, 0.717) is 23.4 Å². The molecule has 0 aliphatic carbocycles. The van der Waals surface area contributed by atoms with E-state index in [-0.39, 0.29) is 12.2 Å². The summed E-state index contributed by atoms with van der Waals surface area (Å²) in [5.74, 6) is -0.0694. The minimum atomic E-state index is -4.34. The van der Waals surface area contributed by atoms with Crippen LogP contribution in [0.4, 0.5) is 18.9 Å². The lowest BCUT2D eigenvalue weighted by Crippen LogP contribution is -2.04. The number of benzene rings is 1. The highest BCUT2D eigenvalue weighted by Crippen LogP contribution is 2.36. The molecule has 0 unspecified atom stereocenters. The van der Waals surface area contributed by atoms with E-state index in [1.807, 2.05) is 29.6 Å². The Morgan fingerprint density at radius 2 is 1.83 bits per heavy atom. The second-order valence-corrected chi connectivity index (χ2v) is 8.79. The summed E-state index contributed by atoms with van der Waals surface area (Å²) in [4.78, 5) is 19.6. The number of aryl methyl sites for hydroxylation is 1. The maximum Gasteiger partial charge on any atom is 0.416 e. The number of nitrogens with zero attached hydrogens (tertiary/aromatic N) is 1. The van der Waals surface area contributed by atoms with Crippen molar-refractivity contribution >= 4 is 44.4 Å². The van der Waals surface area contributed by atoms with Crippen molar-refractivity contribution in [3.63, 3.8) is 0 Å². The normalized spacial score (nSPS) is 11.8. The highest BCUT2D eigenvalue weighted by Gasteiger charge is 2.29. The molecule has 0 aliphatic rings. The number of hydrogen-bond acceptors (Lipinski definition) is 5. The second-order valence-electron chi connectivity index (χ2n) is 6.84. The van der Waals surface area contributed by atoms with Crippen LogP contribution in [-0.4, -0.2) is 10.8 Å². The molecule has 3 nitrogen and oxygen atoms in total. The Hall–Kier alpha value is -2.71. The van der Waals surface area contributed by atoms with E-state index in [0.717, 1.165) is 38.5 Å². The van der Waals surface area contributed by atoms with Crippen molar-refractivity contribution in [1.82, 2.24) is 4.98 Å². The second kappa shape index (κ2) is 8.20. The Labute approximate surface area is 179 Å². The van der Waals surface area contributed by atoms with Crippen LogP contribution in [0.15, 0.2) is 53.9 Å². The molecule has 154 valence electrons. The lowest BCUT2D eigenvalue weighted by atomic mass is 10.0. The number of fused-ring (bicyclic) bond motifs is 1. The third-order valence-electron chi connectivity index (χ3n) is 4.77. The molecule has 0 bridgehead atoms. The number of ketones is 1. The zero-order valence-electron chi connectivity index (χ0n) is 15.7. The molecule has 3 aromatic heterocycles. The molecule has 0 radical (unpaired) electrons. The fraction of sp³-hybridized carbons (Fsp3) is 0.182. The van der Waals surface area contributed by atoms with Crippen LogP contribution in [0.25, 0.3) is 20.8 Å². The quantitative estimate of drug-likeness (QED) is 0.330. The SMILES string of the molecule is Nc1c(C(=O)CCCc2ccc(C(F)(F)F)cc2)sc2nc(-c3cccs3)ccc12. The van der Waals surface area contributed by atoms with Gasteiger partial charge < -0.3 is 5.73 Å². The molecule has 0 saturated heterocycles. The maximum absolute atomic E-state index is 12.7. The molecule has 0 amide bonds. The van der Waals surface area contributed by atoms with Gasteiger partial charge in [0.2, 0.25) is 0 Å². The minimum Gasteiger partial charge on any atom is -0.397 e. The van der Waals surface area contributed by atoms with Crippen LogP contribution >= 0.6 is 22.7 Å². The molecule has 2 N–H and O–H groups in total. The summed E-state index contributed by atoms with van der Waals surface area (Å²) in [7, 11) is 0. The Morgan fingerprint density at radius 3 is 2.50 bits per heavy atom. The average molecular weight is 447 g/mol. The maximum atomic E-state index is 12.7. The molecule has 30 heavy (non-hydrogen) atoms. The average Bonchev–Trinajstić information content (AvgIpc) is 3.36. The summed E-state index contributed by atoms with van der Waals surface area (Å²) < 4.78 is 37.9. The summed E-state index contributed by atoms with van der Waals surface area (Å²) in [6.45, 7) is 0. The number of aromatic nitrogens is 1. The third-order valence-corrected chi connectivity index (χ3v) is 6.82. The Morgan fingerprint density at radius 1 is 1.07 bits per heavy atom. The van der Waals surface area contributed by atoms with E-state index in [2.05, 4.69) is 4.98 Å². The van der Waals surface area contributed by atoms with Crippen LogP contribution in [-0.2, 0) is 12.6 Å². The van der Waals surface area contributed by atoms with Crippen LogP contribution in [0.1, 0.15) is 33.6 Å². The Bertz CT molecular complexity index is 1180. The molecule has 4 rings (SSSR count). The lowest BCUT2D eigenvalue weighted by Gasteiger charge is -2.07. The molecule has 0 aliphatic heterocycles. The summed E-state index contributed by atoms with van der Waals surface area (Å²) in [5, 5.41) is 2.75. The van der Waals surface area contributed by atoms with Gasteiger partial charge in [-0.05, 0) is 54.1 Å². The Kier molecular flexibility index (Phi) is 5.62. The number of Topliss-reactive ketones (excluding diaryl/α,β-unsaturated/α-hetero) is 1. The number of anilines is 1. The van der Waals surface area contributed by atoms with Gasteiger partial charge in [0, 0.05) is 11.8 Å². The minimum absolute atomic E-state index is 0.0694. The fourth-order valence-electron chi connectivity index (χ4n) is 3.19. The van der Waals surface area contributed by atoms with Gasteiger partial charge in [0.25, 0.3) is 0 Å². The first-order chi connectivity index (χ1) is 14.3. The number of hydrogen-bond donors (Lipinski definition) is 1. The van der Waals surface area contributed by atoms with Crippen molar-refractivity contribution in [2.75, 3.05) is 5.73 Å². The highest BCUT2D eigenvalue weighted by atomic mass is 32.1. The zero-order chi connectivity index (χ0) is 21.3. The topological polar surface area (TPSA) is 56.0 Å². The van der Waals surface area contributed by atoms with Crippen molar-refractivity contribution in [2.24, 2.45) is 0 Å². The van der Waals surface area contributed by atoms with E-state index in [4.69, 9.17) is 5.73 Å². The van der Waals surface area contributed by atoms with Crippen LogP contribution in [0, 0.1) is 0 Å². The number of alkyl halides is 3. The molecule has 8 heteroatoms. The number of nitrogens with two attached hydrogens (primary N) is 1. The number of thiophene rings is 2. The van der Waals surface area contributed by atoms with Crippen LogP contribution < -0.4 is 5.73 Å². The van der Waals surface area contributed by atoms with Crippen LogP contribution in [0.5, 0.6) is 0 Å². The first-order valence-corrected chi connectivity index (χ1v) is 10.9. The van der Waals surface area contributed by atoms with Gasteiger partial charge in [-0.15, -0.1) is 22.7 Å². The van der Waals surface area contributed by atoms with Crippen molar-refractivity contribution in [3.05, 3.63) is 69.9 Å². The summed E-state index contributed by atoms with van der Waals surface area (Å²) >= 11 is 2.88. The van der Waals surface area contributed by atoms with Crippen molar-refractivity contribution < 1.29 is 18.0 Å². The van der Waals surface area contributed by atoms with Gasteiger partial charge in [0.15, 0.2) is 5.78 Å². The first-order valence-electron chi connectivity index (χ1n) is 9.25. The van der Waals surface area contributed by atoms with Gasteiger partial charge in [-0.25, -0.2) is 4.98 Å². The summed E-state index contributed by atoms with van der Waals surface area (Å²) in [6, 6.07) is 12.8. The monoisotopic (exact) mass is 446 g/mol. The number of rotatable bonds is 6. The van der Waals surface area contributed by atoms with Gasteiger partial charge in [-0.2, -0.15) is 13.2 Å². The van der Waals surface area contributed by atoms with Gasteiger partial charge in [0.1, 0.15) is 4.83 Å². The van der Waals surface area contributed by atoms with Gasteiger partial charge >= 0.3 is 6.18 Å². The molecule has 0 fully saturated rings. The van der Waals surface area contributed by atoms with Crippen LogP contribution in [0.2, 0.25) is 0 Å². The molecule has 0 saturated carbocycles. The highest BCUT2D eigenvalue weighted by molar-refractivity contribution is 7.21. The predicted molar refractivity (Wildman–Crippen MR) is 116 cm³/mol. The van der Waals surface area contributed by atoms with E-state index < -0.39 is 11.7 Å². The summed E-state index contributed by atoms with van der Waals surface area (Å²) in [6.07, 6.45) is -3.01. The smallest absolute Gasteiger partial charge is 0.397 e. The largest absolute Gasteiger partial charge is 0.416 e. The van der Waals surface area contributed by atoms with Crippen molar-refractivity contribution in [2.45, 2.75) is 25.4 Å². The predicted octanol–water partition coefficient (Wildman–Crippen LogP) is 6.83. The molecule has 3 heterocycles. The lowest BCUT2D eigenvalue weighted by molar-refractivity contribution is -0.137. The van der Waals surface area contributed by atoms with Crippen LogP contribution in [0.3, 0.4) is 0 Å². The Balaban J connectivity index is 1.43. The van der Waals surface area contributed by atoms with E-state index in [1.165, 1.54) is 23.5 Å².